The van der Waals surface area contributed by atoms with Crippen molar-refractivity contribution < 1.29 is 14.3 Å². The van der Waals surface area contributed by atoms with Crippen LogP contribution in [0.1, 0.15) is 13.3 Å². The molecule has 0 saturated carbocycles. The number of ether oxygens (including phenoxy) is 1. The van der Waals surface area contributed by atoms with E-state index in [0.29, 0.717) is 36.0 Å². The van der Waals surface area contributed by atoms with Crippen molar-refractivity contribution in [1.29, 1.82) is 0 Å². The van der Waals surface area contributed by atoms with Crippen molar-refractivity contribution >= 4 is 29.1 Å². The number of halogens is 1. The fourth-order valence-electron chi connectivity index (χ4n) is 2.87. The van der Waals surface area contributed by atoms with Crippen molar-refractivity contribution in [3.05, 3.63) is 23.2 Å². The van der Waals surface area contributed by atoms with Crippen LogP contribution in [0.15, 0.2) is 18.2 Å². The first kappa shape index (κ1) is 16.1. The molecule has 1 aromatic carbocycles. The van der Waals surface area contributed by atoms with Crippen molar-refractivity contribution in [2.24, 2.45) is 0 Å². The first-order chi connectivity index (χ1) is 11.1. The number of amides is 2. The van der Waals surface area contributed by atoms with Crippen LogP contribution in [0, 0.1) is 0 Å². The molecule has 2 heterocycles. The summed E-state index contributed by atoms with van der Waals surface area (Å²) in [5, 5.41) is 3.72. The molecule has 23 heavy (non-hydrogen) atoms. The van der Waals surface area contributed by atoms with Crippen LogP contribution in [0.3, 0.4) is 0 Å². The van der Waals surface area contributed by atoms with Crippen molar-refractivity contribution in [1.82, 2.24) is 10.2 Å². The lowest BCUT2D eigenvalue weighted by Crippen LogP contribution is -2.53. The smallest absolute Gasteiger partial charge is 0.268 e. The van der Waals surface area contributed by atoms with Gasteiger partial charge in [-0.2, -0.15) is 0 Å². The Labute approximate surface area is 140 Å². The summed E-state index contributed by atoms with van der Waals surface area (Å²) in [5.41, 5.74) is 0.565. The Balaban J connectivity index is 1.85. The average Bonchev–Trinajstić information content (AvgIpc) is 2.58. The highest BCUT2D eigenvalue weighted by Crippen LogP contribution is 2.36. The maximum atomic E-state index is 12.6. The van der Waals surface area contributed by atoms with E-state index in [1.807, 2.05) is 6.92 Å². The largest absolute Gasteiger partial charge is 0.478 e. The number of nitrogens with one attached hydrogen (secondary N) is 1. The number of hydrogen-bond acceptors (Lipinski definition) is 4. The molecule has 2 aliphatic heterocycles. The highest BCUT2D eigenvalue weighted by atomic mass is 35.5. The van der Waals surface area contributed by atoms with E-state index in [0.717, 1.165) is 13.1 Å². The molecule has 0 spiro atoms. The Morgan fingerprint density at radius 3 is 2.83 bits per heavy atom. The van der Waals surface area contributed by atoms with Gasteiger partial charge in [-0.3, -0.25) is 14.5 Å². The average molecular weight is 338 g/mol. The lowest BCUT2D eigenvalue weighted by atomic mass is 10.1. The lowest BCUT2D eigenvalue weighted by Gasteiger charge is -2.35. The third kappa shape index (κ3) is 3.28. The summed E-state index contributed by atoms with van der Waals surface area (Å²) < 4.78 is 5.72. The zero-order valence-electron chi connectivity index (χ0n) is 13.0. The summed E-state index contributed by atoms with van der Waals surface area (Å²) >= 11 is 6.05. The van der Waals surface area contributed by atoms with Crippen LogP contribution < -0.4 is 15.0 Å². The van der Waals surface area contributed by atoms with Crippen molar-refractivity contribution in [2.45, 2.75) is 19.4 Å². The number of nitrogens with zero attached hydrogens (tertiary/aromatic N) is 2. The monoisotopic (exact) mass is 337 g/mol. The SMILES string of the molecule is CCC1Oc2ccc(Cl)cc2N(CC(=O)N2CCNCC2)C1=O. The van der Waals surface area contributed by atoms with E-state index in [-0.39, 0.29) is 18.4 Å². The van der Waals surface area contributed by atoms with E-state index in [2.05, 4.69) is 5.32 Å². The van der Waals surface area contributed by atoms with Gasteiger partial charge in [-0.15, -0.1) is 0 Å². The van der Waals surface area contributed by atoms with Crippen LogP contribution >= 0.6 is 11.6 Å². The van der Waals surface area contributed by atoms with Crippen molar-refractivity contribution in [3.63, 3.8) is 0 Å². The number of piperazine rings is 1. The third-order valence-corrected chi connectivity index (χ3v) is 4.39. The summed E-state index contributed by atoms with van der Waals surface area (Å²) in [6.45, 7) is 4.80. The molecule has 1 aromatic rings. The fraction of sp³-hybridized carbons (Fsp3) is 0.500. The zero-order chi connectivity index (χ0) is 16.4. The molecule has 1 fully saturated rings. The van der Waals surface area contributed by atoms with E-state index in [4.69, 9.17) is 16.3 Å². The maximum absolute atomic E-state index is 12.6. The van der Waals surface area contributed by atoms with E-state index in [9.17, 15) is 9.59 Å². The van der Waals surface area contributed by atoms with Crippen LogP contribution in [0.4, 0.5) is 5.69 Å². The Hall–Kier alpha value is -1.79. The highest BCUT2D eigenvalue weighted by Gasteiger charge is 2.35. The van der Waals surface area contributed by atoms with Crippen LogP contribution in [0.2, 0.25) is 5.02 Å². The maximum Gasteiger partial charge on any atom is 0.268 e. The predicted molar refractivity (Wildman–Crippen MR) is 88.0 cm³/mol. The van der Waals surface area contributed by atoms with Gasteiger partial charge in [-0.05, 0) is 24.6 Å². The number of hydrogen-bond donors (Lipinski definition) is 1. The Morgan fingerprint density at radius 2 is 2.13 bits per heavy atom. The second-order valence-electron chi connectivity index (χ2n) is 5.68. The van der Waals surface area contributed by atoms with Crippen LogP contribution in [0.25, 0.3) is 0 Å². The summed E-state index contributed by atoms with van der Waals surface area (Å²) in [4.78, 5) is 28.4. The topological polar surface area (TPSA) is 61.9 Å². The van der Waals surface area contributed by atoms with E-state index in [1.165, 1.54) is 4.90 Å². The molecule has 6 nitrogen and oxygen atoms in total. The van der Waals surface area contributed by atoms with Crippen LogP contribution in [0.5, 0.6) is 5.75 Å². The summed E-state index contributed by atoms with van der Waals surface area (Å²) in [5.74, 6) is 0.349. The zero-order valence-corrected chi connectivity index (χ0v) is 13.8. The van der Waals surface area contributed by atoms with Gasteiger partial charge in [0.05, 0.1) is 5.69 Å². The van der Waals surface area contributed by atoms with Gasteiger partial charge >= 0.3 is 0 Å². The molecular formula is C16H20ClN3O3. The number of carbonyl (C=O) groups excluding carboxylic acids is 2. The lowest BCUT2D eigenvalue weighted by molar-refractivity contribution is -0.133. The van der Waals surface area contributed by atoms with Crippen molar-refractivity contribution in [3.8, 4) is 5.75 Å². The minimum atomic E-state index is -0.556. The molecule has 0 aromatic heterocycles. The van der Waals surface area contributed by atoms with Gasteiger partial charge in [-0.1, -0.05) is 18.5 Å². The molecular weight excluding hydrogens is 318 g/mol. The molecule has 3 rings (SSSR count). The van der Waals surface area contributed by atoms with Gasteiger partial charge in [0.2, 0.25) is 5.91 Å². The summed E-state index contributed by atoms with van der Waals surface area (Å²) in [7, 11) is 0. The second-order valence-corrected chi connectivity index (χ2v) is 6.12. The number of benzene rings is 1. The normalized spacial score (nSPS) is 21.0. The molecule has 7 heteroatoms. The third-order valence-electron chi connectivity index (χ3n) is 4.16. The van der Waals surface area contributed by atoms with Gasteiger partial charge < -0.3 is 15.0 Å². The molecule has 1 atom stereocenters. The van der Waals surface area contributed by atoms with E-state index in [1.54, 1.807) is 23.1 Å². The van der Waals surface area contributed by atoms with E-state index >= 15 is 0 Å². The van der Waals surface area contributed by atoms with Gasteiger partial charge in [0.25, 0.3) is 5.91 Å². The number of rotatable bonds is 3. The standard InChI is InChI=1S/C16H20ClN3O3/c1-2-13-16(22)20(10-15(21)19-7-5-18-6-8-19)12-9-11(17)3-4-14(12)23-13/h3-4,9,13,18H,2,5-8,10H2,1H3. The minimum absolute atomic E-state index is 0.0199. The Morgan fingerprint density at radius 1 is 1.39 bits per heavy atom. The van der Waals surface area contributed by atoms with Gasteiger partial charge in [0, 0.05) is 31.2 Å². The first-order valence-corrected chi connectivity index (χ1v) is 8.24. The van der Waals surface area contributed by atoms with E-state index < -0.39 is 6.10 Å². The Kier molecular flexibility index (Phi) is 4.73. The molecule has 0 radical (unpaired) electrons. The molecule has 1 unspecified atom stereocenters. The van der Waals surface area contributed by atoms with Crippen LogP contribution in [-0.2, 0) is 9.59 Å². The highest BCUT2D eigenvalue weighted by molar-refractivity contribution is 6.31. The number of fused-ring (bicyclic) bond motifs is 1. The predicted octanol–water partition coefficient (Wildman–Crippen LogP) is 1.28. The van der Waals surface area contributed by atoms with Gasteiger partial charge in [0.1, 0.15) is 12.3 Å². The molecule has 124 valence electrons. The summed E-state index contributed by atoms with van der Waals surface area (Å²) in [6, 6.07) is 5.14. The molecule has 1 saturated heterocycles. The molecule has 0 aliphatic carbocycles. The fourth-order valence-corrected chi connectivity index (χ4v) is 3.03. The Bertz CT molecular complexity index is 617. The number of anilines is 1. The molecule has 2 aliphatic rings. The number of carbonyl (C=O) groups is 2. The minimum Gasteiger partial charge on any atom is -0.478 e. The molecule has 2 amide bonds. The van der Waals surface area contributed by atoms with Crippen LogP contribution in [-0.4, -0.2) is 55.5 Å². The van der Waals surface area contributed by atoms with Crippen molar-refractivity contribution in [2.75, 3.05) is 37.6 Å². The quantitative estimate of drug-likeness (QED) is 0.902. The first-order valence-electron chi connectivity index (χ1n) is 7.86. The summed E-state index contributed by atoms with van der Waals surface area (Å²) in [6.07, 6.45) is -0.00123. The molecule has 1 N–H and O–H groups in total. The van der Waals surface area contributed by atoms with Gasteiger partial charge in [0.15, 0.2) is 6.10 Å². The van der Waals surface area contributed by atoms with Gasteiger partial charge in [-0.25, -0.2) is 0 Å². The molecule has 0 bridgehead atoms. The second kappa shape index (κ2) is 6.76.